The predicted molar refractivity (Wildman–Crippen MR) is 53.3 cm³/mol. The van der Waals surface area contributed by atoms with Crippen molar-refractivity contribution in [1.82, 2.24) is 10.2 Å². The maximum atomic E-state index is 3.68. The van der Waals surface area contributed by atoms with E-state index < -0.39 is 0 Å². The number of nitrogens with zero attached hydrogens (tertiary/aromatic N) is 1. The zero-order valence-corrected chi connectivity index (χ0v) is 8.05. The normalized spacial score (nSPS) is 16.8. The van der Waals surface area contributed by atoms with Gasteiger partial charge < -0.3 is 10.2 Å². The van der Waals surface area contributed by atoms with E-state index in [0.717, 1.165) is 25.6 Å². The van der Waals surface area contributed by atoms with Gasteiger partial charge in [-0.2, -0.15) is 0 Å². The van der Waals surface area contributed by atoms with Gasteiger partial charge in [-0.15, -0.1) is 6.58 Å². The first kappa shape index (κ1) is 9.75. The molecule has 0 aliphatic heterocycles. The second-order valence-corrected chi connectivity index (χ2v) is 3.54. The van der Waals surface area contributed by atoms with E-state index in [1.807, 2.05) is 6.08 Å². The Hall–Kier alpha value is -0.340. The first-order valence-corrected chi connectivity index (χ1v) is 4.86. The molecule has 0 aromatic rings. The summed E-state index contributed by atoms with van der Waals surface area (Å²) in [5.41, 5.74) is 0. The van der Waals surface area contributed by atoms with Crippen LogP contribution in [0.2, 0.25) is 0 Å². The molecule has 12 heavy (non-hydrogen) atoms. The lowest BCUT2D eigenvalue weighted by molar-refractivity contribution is 0.322. The van der Waals surface area contributed by atoms with Gasteiger partial charge in [0.2, 0.25) is 0 Å². The third kappa shape index (κ3) is 3.88. The van der Waals surface area contributed by atoms with Crippen LogP contribution < -0.4 is 5.32 Å². The maximum Gasteiger partial charge on any atom is 0.0107 e. The molecule has 0 spiro atoms. The molecule has 2 heteroatoms. The SMILES string of the molecule is C=CCCNCCN(C)C1CC1. The number of hydrogen-bond donors (Lipinski definition) is 1. The van der Waals surface area contributed by atoms with Gasteiger partial charge in [0.05, 0.1) is 0 Å². The van der Waals surface area contributed by atoms with E-state index in [2.05, 4.69) is 23.8 Å². The molecule has 1 aliphatic carbocycles. The van der Waals surface area contributed by atoms with Crippen LogP contribution in [0.1, 0.15) is 19.3 Å². The molecule has 1 saturated carbocycles. The molecule has 1 aliphatic rings. The van der Waals surface area contributed by atoms with E-state index in [9.17, 15) is 0 Å². The van der Waals surface area contributed by atoms with Crippen LogP contribution in [0.3, 0.4) is 0 Å². The highest BCUT2D eigenvalue weighted by Crippen LogP contribution is 2.24. The third-order valence-electron chi connectivity index (χ3n) is 2.34. The Balaban J connectivity index is 1.84. The Kier molecular flexibility index (Phi) is 4.33. The average Bonchev–Trinajstić information content (AvgIpc) is 2.86. The largest absolute Gasteiger partial charge is 0.315 e. The van der Waals surface area contributed by atoms with Crippen LogP contribution in [-0.2, 0) is 0 Å². The van der Waals surface area contributed by atoms with Crippen molar-refractivity contribution in [2.24, 2.45) is 0 Å². The number of hydrogen-bond acceptors (Lipinski definition) is 2. The van der Waals surface area contributed by atoms with Crippen molar-refractivity contribution in [3.05, 3.63) is 12.7 Å². The summed E-state index contributed by atoms with van der Waals surface area (Å²) in [5, 5.41) is 3.39. The molecule has 1 fully saturated rings. The molecule has 0 atom stereocenters. The topological polar surface area (TPSA) is 15.3 Å². The minimum Gasteiger partial charge on any atom is -0.315 e. The molecule has 0 amide bonds. The fourth-order valence-corrected chi connectivity index (χ4v) is 1.28. The standard InChI is InChI=1S/C10H20N2/c1-3-4-7-11-8-9-12(2)10-5-6-10/h3,10-11H,1,4-9H2,2H3. The zero-order valence-electron chi connectivity index (χ0n) is 8.05. The van der Waals surface area contributed by atoms with Crippen LogP contribution in [0.25, 0.3) is 0 Å². The van der Waals surface area contributed by atoms with Crippen LogP contribution in [0.4, 0.5) is 0 Å². The molecule has 1 rings (SSSR count). The van der Waals surface area contributed by atoms with Gasteiger partial charge in [0.25, 0.3) is 0 Å². The Morgan fingerprint density at radius 1 is 1.50 bits per heavy atom. The Morgan fingerprint density at radius 3 is 2.83 bits per heavy atom. The fraction of sp³-hybridized carbons (Fsp3) is 0.800. The van der Waals surface area contributed by atoms with Gasteiger partial charge in [0.15, 0.2) is 0 Å². The summed E-state index contributed by atoms with van der Waals surface area (Å²) >= 11 is 0. The Labute approximate surface area is 75.6 Å². The number of nitrogens with one attached hydrogen (secondary N) is 1. The minimum absolute atomic E-state index is 0.895. The van der Waals surface area contributed by atoms with Crippen LogP contribution in [0, 0.1) is 0 Å². The van der Waals surface area contributed by atoms with Gasteiger partial charge in [-0.3, -0.25) is 0 Å². The smallest absolute Gasteiger partial charge is 0.0107 e. The monoisotopic (exact) mass is 168 g/mol. The summed E-state index contributed by atoms with van der Waals surface area (Å²) in [6.45, 7) is 7.05. The lowest BCUT2D eigenvalue weighted by atomic mass is 10.4. The van der Waals surface area contributed by atoms with Crippen LogP contribution in [0.15, 0.2) is 12.7 Å². The molecule has 0 radical (unpaired) electrons. The van der Waals surface area contributed by atoms with Gasteiger partial charge in [-0.1, -0.05) is 6.08 Å². The summed E-state index contributed by atoms with van der Waals surface area (Å²) in [7, 11) is 2.22. The van der Waals surface area contributed by atoms with Crippen molar-refractivity contribution in [2.45, 2.75) is 25.3 Å². The highest BCUT2D eigenvalue weighted by Gasteiger charge is 2.25. The summed E-state index contributed by atoms with van der Waals surface area (Å²) in [5.74, 6) is 0. The zero-order chi connectivity index (χ0) is 8.81. The second-order valence-electron chi connectivity index (χ2n) is 3.54. The van der Waals surface area contributed by atoms with Crippen molar-refractivity contribution in [3.63, 3.8) is 0 Å². The van der Waals surface area contributed by atoms with E-state index in [-0.39, 0.29) is 0 Å². The molecular formula is C10H20N2. The lowest BCUT2D eigenvalue weighted by Crippen LogP contribution is -2.30. The van der Waals surface area contributed by atoms with Crippen molar-refractivity contribution < 1.29 is 0 Å². The van der Waals surface area contributed by atoms with Gasteiger partial charge in [0.1, 0.15) is 0 Å². The van der Waals surface area contributed by atoms with E-state index in [4.69, 9.17) is 0 Å². The summed E-state index contributed by atoms with van der Waals surface area (Å²) in [6.07, 6.45) is 5.84. The van der Waals surface area contributed by atoms with Crippen molar-refractivity contribution >= 4 is 0 Å². The van der Waals surface area contributed by atoms with Crippen molar-refractivity contribution in [1.29, 1.82) is 0 Å². The maximum absolute atomic E-state index is 3.68. The van der Waals surface area contributed by atoms with Gasteiger partial charge in [-0.25, -0.2) is 0 Å². The molecule has 0 aromatic heterocycles. The highest BCUT2D eigenvalue weighted by molar-refractivity contribution is 4.82. The lowest BCUT2D eigenvalue weighted by Gasteiger charge is -2.15. The minimum atomic E-state index is 0.895. The van der Waals surface area contributed by atoms with Crippen LogP contribution in [0.5, 0.6) is 0 Å². The molecule has 0 unspecified atom stereocenters. The number of likely N-dealkylation sites (N-methyl/N-ethyl adjacent to an activating group) is 1. The average molecular weight is 168 g/mol. The van der Waals surface area contributed by atoms with E-state index in [1.165, 1.54) is 19.4 Å². The molecule has 70 valence electrons. The quantitative estimate of drug-likeness (QED) is 0.454. The van der Waals surface area contributed by atoms with Crippen LogP contribution in [-0.4, -0.2) is 37.6 Å². The van der Waals surface area contributed by atoms with E-state index in [0.29, 0.717) is 0 Å². The van der Waals surface area contributed by atoms with Gasteiger partial charge >= 0.3 is 0 Å². The summed E-state index contributed by atoms with van der Waals surface area (Å²) in [4.78, 5) is 2.45. The van der Waals surface area contributed by atoms with Gasteiger partial charge in [-0.05, 0) is 32.9 Å². The second kappa shape index (κ2) is 5.33. The first-order valence-electron chi connectivity index (χ1n) is 4.86. The van der Waals surface area contributed by atoms with Crippen LogP contribution >= 0.6 is 0 Å². The van der Waals surface area contributed by atoms with E-state index >= 15 is 0 Å². The molecule has 2 nitrogen and oxygen atoms in total. The Bertz CT molecular complexity index is 130. The molecule has 1 N–H and O–H groups in total. The molecule has 0 bridgehead atoms. The van der Waals surface area contributed by atoms with E-state index in [1.54, 1.807) is 0 Å². The first-order chi connectivity index (χ1) is 5.84. The predicted octanol–water partition coefficient (Wildman–Crippen LogP) is 1.25. The van der Waals surface area contributed by atoms with Crippen molar-refractivity contribution in [3.8, 4) is 0 Å². The van der Waals surface area contributed by atoms with Gasteiger partial charge in [0, 0.05) is 19.1 Å². The highest BCUT2D eigenvalue weighted by atomic mass is 15.2. The third-order valence-corrected chi connectivity index (χ3v) is 2.34. The molecule has 0 aromatic carbocycles. The summed E-state index contributed by atoms with van der Waals surface area (Å²) in [6, 6.07) is 0.895. The Morgan fingerprint density at radius 2 is 2.25 bits per heavy atom. The molecule has 0 saturated heterocycles. The molecule has 0 heterocycles. The summed E-state index contributed by atoms with van der Waals surface area (Å²) < 4.78 is 0. The molecular weight excluding hydrogens is 148 g/mol. The fourth-order valence-electron chi connectivity index (χ4n) is 1.28. The van der Waals surface area contributed by atoms with Crippen molar-refractivity contribution in [2.75, 3.05) is 26.7 Å². The number of rotatable bonds is 7.